The lowest BCUT2D eigenvalue weighted by atomic mass is 9.91. The van der Waals surface area contributed by atoms with Gasteiger partial charge in [0.25, 0.3) is 5.56 Å². The number of piperazine rings is 1. The molecule has 3 heterocycles. The predicted molar refractivity (Wildman–Crippen MR) is 131 cm³/mol. The van der Waals surface area contributed by atoms with Crippen LogP contribution in [-0.4, -0.2) is 70.3 Å². The summed E-state index contributed by atoms with van der Waals surface area (Å²) in [6.07, 6.45) is 11.7. The van der Waals surface area contributed by atoms with Crippen LogP contribution < -0.4 is 5.56 Å². The van der Waals surface area contributed by atoms with Crippen molar-refractivity contribution in [2.45, 2.75) is 89.9 Å². The number of hydrogen-bond acceptors (Lipinski definition) is 6. The van der Waals surface area contributed by atoms with E-state index in [1.165, 1.54) is 68.7 Å². The number of aryl methyl sites for hydroxylation is 2. The van der Waals surface area contributed by atoms with Gasteiger partial charge >= 0.3 is 0 Å². The SMILES string of the molecule is CC(C)OCCCn1cnc2sc3c(c2c1=O)CCC(N1CCN(C2CCCC2)CC1)C3. The van der Waals surface area contributed by atoms with E-state index in [2.05, 4.69) is 14.8 Å². The summed E-state index contributed by atoms with van der Waals surface area (Å²) >= 11 is 1.76. The van der Waals surface area contributed by atoms with Crippen molar-refractivity contribution in [1.29, 1.82) is 0 Å². The zero-order valence-electron chi connectivity index (χ0n) is 19.7. The van der Waals surface area contributed by atoms with Crippen LogP contribution in [0, 0.1) is 0 Å². The maximum absolute atomic E-state index is 13.2. The van der Waals surface area contributed by atoms with E-state index < -0.39 is 0 Å². The Balaban J connectivity index is 1.24. The second-order valence-corrected chi connectivity index (χ2v) is 11.2. The quantitative estimate of drug-likeness (QED) is 0.593. The maximum atomic E-state index is 13.2. The van der Waals surface area contributed by atoms with Gasteiger partial charge in [0.2, 0.25) is 0 Å². The Labute approximate surface area is 195 Å². The minimum Gasteiger partial charge on any atom is -0.379 e. The molecule has 1 unspecified atom stereocenters. The van der Waals surface area contributed by atoms with Crippen molar-refractivity contribution in [3.05, 3.63) is 27.1 Å². The predicted octanol–water partition coefficient (Wildman–Crippen LogP) is 3.69. The van der Waals surface area contributed by atoms with Gasteiger partial charge in [-0.2, -0.15) is 0 Å². The molecule has 0 bridgehead atoms. The Hall–Kier alpha value is -1.28. The fourth-order valence-electron chi connectivity index (χ4n) is 5.95. The zero-order chi connectivity index (χ0) is 22.1. The Morgan fingerprint density at radius 2 is 1.81 bits per heavy atom. The summed E-state index contributed by atoms with van der Waals surface area (Å²) in [5.74, 6) is 0. The van der Waals surface area contributed by atoms with E-state index in [4.69, 9.17) is 4.74 Å². The highest BCUT2D eigenvalue weighted by Gasteiger charge is 2.32. The van der Waals surface area contributed by atoms with Gasteiger partial charge in [0.05, 0.1) is 17.8 Å². The molecule has 5 rings (SSSR count). The largest absolute Gasteiger partial charge is 0.379 e. The topological polar surface area (TPSA) is 50.6 Å². The molecule has 3 aliphatic rings. The highest BCUT2D eigenvalue weighted by Crippen LogP contribution is 2.35. The van der Waals surface area contributed by atoms with Gasteiger partial charge in [-0.05, 0) is 57.9 Å². The van der Waals surface area contributed by atoms with Gasteiger partial charge in [0, 0.05) is 56.3 Å². The minimum atomic E-state index is 0.140. The van der Waals surface area contributed by atoms with Gasteiger partial charge in [0.15, 0.2) is 0 Å². The van der Waals surface area contributed by atoms with Crippen LogP contribution in [0.2, 0.25) is 0 Å². The van der Waals surface area contributed by atoms with E-state index in [0.29, 0.717) is 19.2 Å². The molecule has 1 saturated heterocycles. The van der Waals surface area contributed by atoms with Crippen molar-refractivity contribution in [3.63, 3.8) is 0 Å². The molecule has 1 saturated carbocycles. The first-order valence-corrected chi connectivity index (χ1v) is 13.5. The smallest absolute Gasteiger partial charge is 0.262 e. The van der Waals surface area contributed by atoms with Crippen LogP contribution in [0.25, 0.3) is 10.2 Å². The lowest BCUT2D eigenvalue weighted by Crippen LogP contribution is -2.53. The molecule has 6 nitrogen and oxygen atoms in total. The van der Waals surface area contributed by atoms with Crippen LogP contribution in [0.5, 0.6) is 0 Å². The third-order valence-corrected chi connectivity index (χ3v) is 8.87. The number of nitrogens with zero attached hydrogens (tertiary/aromatic N) is 4. The van der Waals surface area contributed by atoms with Crippen molar-refractivity contribution in [2.75, 3.05) is 32.8 Å². The monoisotopic (exact) mass is 458 g/mol. The molecule has 2 aliphatic carbocycles. The molecule has 0 N–H and O–H groups in total. The molecule has 1 atom stereocenters. The Morgan fingerprint density at radius 3 is 2.53 bits per heavy atom. The molecular weight excluding hydrogens is 420 g/mol. The van der Waals surface area contributed by atoms with E-state index in [9.17, 15) is 4.79 Å². The molecule has 32 heavy (non-hydrogen) atoms. The van der Waals surface area contributed by atoms with Crippen LogP contribution in [0.15, 0.2) is 11.1 Å². The van der Waals surface area contributed by atoms with Crippen LogP contribution in [-0.2, 0) is 24.1 Å². The molecule has 2 aromatic heterocycles. The Bertz CT molecular complexity index is 970. The van der Waals surface area contributed by atoms with Crippen LogP contribution in [0.4, 0.5) is 0 Å². The summed E-state index contributed by atoms with van der Waals surface area (Å²) in [6.45, 7) is 10.3. The normalized spacial score (nSPS) is 23.4. The number of aromatic nitrogens is 2. The molecule has 0 radical (unpaired) electrons. The van der Waals surface area contributed by atoms with Gasteiger partial charge in [0.1, 0.15) is 4.83 Å². The highest BCUT2D eigenvalue weighted by molar-refractivity contribution is 7.18. The summed E-state index contributed by atoms with van der Waals surface area (Å²) in [4.78, 5) is 25.7. The minimum absolute atomic E-state index is 0.140. The maximum Gasteiger partial charge on any atom is 0.262 e. The molecule has 7 heteroatoms. The van der Waals surface area contributed by atoms with E-state index in [0.717, 1.165) is 35.5 Å². The van der Waals surface area contributed by atoms with Crippen molar-refractivity contribution < 1.29 is 4.74 Å². The van der Waals surface area contributed by atoms with Gasteiger partial charge in [-0.1, -0.05) is 12.8 Å². The summed E-state index contributed by atoms with van der Waals surface area (Å²) < 4.78 is 7.41. The van der Waals surface area contributed by atoms with E-state index in [1.54, 1.807) is 22.2 Å². The summed E-state index contributed by atoms with van der Waals surface area (Å²) in [5.41, 5.74) is 1.43. The van der Waals surface area contributed by atoms with Crippen LogP contribution >= 0.6 is 11.3 Å². The Morgan fingerprint density at radius 1 is 1.09 bits per heavy atom. The first kappa shape index (κ1) is 22.5. The van der Waals surface area contributed by atoms with Crippen molar-refractivity contribution in [3.8, 4) is 0 Å². The van der Waals surface area contributed by atoms with Gasteiger partial charge < -0.3 is 4.74 Å². The van der Waals surface area contributed by atoms with E-state index in [-0.39, 0.29) is 11.7 Å². The van der Waals surface area contributed by atoms with Crippen molar-refractivity contribution in [1.82, 2.24) is 19.4 Å². The summed E-state index contributed by atoms with van der Waals surface area (Å²) in [7, 11) is 0. The summed E-state index contributed by atoms with van der Waals surface area (Å²) in [5, 5.41) is 0.891. The molecular formula is C25H38N4O2S. The highest BCUT2D eigenvalue weighted by atomic mass is 32.1. The first-order chi connectivity index (χ1) is 15.6. The fraction of sp³-hybridized carbons (Fsp3) is 0.760. The van der Waals surface area contributed by atoms with Crippen LogP contribution in [0.3, 0.4) is 0 Å². The molecule has 1 aliphatic heterocycles. The number of ether oxygens (including phenoxy) is 1. The van der Waals surface area contributed by atoms with Gasteiger partial charge in [-0.25, -0.2) is 4.98 Å². The second kappa shape index (κ2) is 9.92. The number of rotatable bonds is 7. The molecule has 2 aromatic rings. The molecule has 0 amide bonds. The van der Waals surface area contributed by atoms with Gasteiger partial charge in [-0.15, -0.1) is 11.3 Å². The van der Waals surface area contributed by atoms with E-state index >= 15 is 0 Å². The fourth-order valence-corrected chi connectivity index (χ4v) is 7.19. The molecule has 0 aromatic carbocycles. The lowest BCUT2D eigenvalue weighted by Gasteiger charge is -2.42. The number of fused-ring (bicyclic) bond motifs is 3. The molecule has 176 valence electrons. The van der Waals surface area contributed by atoms with Crippen molar-refractivity contribution in [2.24, 2.45) is 0 Å². The third kappa shape index (κ3) is 4.67. The zero-order valence-corrected chi connectivity index (χ0v) is 20.5. The third-order valence-electron chi connectivity index (χ3n) is 7.71. The molecule has 2 fully saturated rings. The Kier molecular flexibility index (Phi) is 6.98. The summed E-state index contributed by atoms with van der Waals surface area (Å²) in [6, 6.07) is 1.47. The number of thiophene rings is 1. The molecule has 0 spiro atoms. The van der Waals surface area contributed by atoms with Crippen molar-refractivity contribution >= 4 is 21.6 Å². The average Bonchev–Trinajstić information content (AvgIpc) is 3.46. The first-order valence-electron chi connectivity index (χ1n) is 12.7. The van der Waals surface area contributed by atoms with Gasteiger partial charge in [-0.3, -0.25) is 19.2 Å². The lowest BCUT2D eigenvalue weighted by molar-refractivity contribution is 0.0661. The number of hydrogen-bond donors (Lipinski definition) is 0. The van der Waals surface area contributed by atoms with E-state index in [1.807, 2.05) is 13.8 Å². The standard InChI is InChI=1S/C25H38N4O2S/c1-18(2)31-15-5-10-29-17-26-24-23(25(29)30)21-9-8-20(16-22(21)32-24)28-13-11-27(12-14-28)19-6-3-4-7-19/h17-20H,3-16H2,1-2H3. The second-order valence-electron chi connectivity index (χ2n) is 10.1. The van der Waals surface area contributed by atoms with Crippen LogP contribution in [0.1, 0.15) is 62.8 Å². The average molecular weight is 459 g/mol.